The number of aromatic nitrogens is 1. The summed E-state index contributed by atoms with van der Waals surface area (Å²) in [5.74, 6) is -0.678. The summed E-state index contributed by atoms with van der Waals surface area (Å²) in [5, 5.41) is 12.5. The van der Waals surface area contributed by atoms with Gasteiger partial charge in [0.25, 0.3) is 5.91 Å². The molecule has 3 amide bonds. The summed E-state index contributed by atoms with van der Waals surface area (Å²) in [5.41, 5.74) is 2.08. The topological polar surface area (TPSA) is 95.2 Å². The number of carbonyl (C=O) groups excluding carboxylic acids is 3. The second kappa shape index (κ2) is 7.10. The summed E-state index contributed by atoms with van der Waals surface area (Å²) in [7, 11) is 0. The molecule has 1 aromatic heterocycles. The lowest BCUT2D eigenvalue weighted by molar-refractivity contribution is -0.131. The molecule has 0 unspecified atom stereocenters. The lowest BCUT2D eigenvalue weighted by atomic mass is 9.92. The molecule has 1 atom stereocenters. The molecular weight excluding hydrogens is 392 g/mol. The standard InChI is InChI=1S/C24H20N4O3/c25-12-5-13-27-14-18(17-7-2-4-9-20(17)27)21(29)15-28-22(30)24(26-23(28)31)11-10-16-6-1-3-8-19(16)24/h1-4,6-9,14H,5,10-11,13,15H2,(H,26,31)/t24-/m0/s1. The first-order valence-electron chi connectivity index (χ1n) is 10.3. The third-order valence-electron chi connectivity index (χ3n) is 6.28. The zero-order valence-corrected chi connectivity index (χ0v) is 16.8. The predicted octanol–water partition coefficient (Wildman–Crippen LogP) is 3.13. The number of amides is 3. The highest BCUT2D eigenvalue weighted by Crippen LogP contribution is 2.41. The third kappa shape index (κ3) is 2.83. The molecule has 1 spiro atoms. The van der Waals surface area contributed by atoms with E-state index < -0.39 is 11.6 Å². The molecule has 7 nitrogen and oxygen atoms in total. The second-order valence-electron chi connectivity index (χ2n) is 7.97. The van der Waals surface area contributed by atoms with Crippen molar-refractivity contribution in [3.05, 3.63) is 71.4 Å². The number of urea groups is 1. The number of ketones is 1. The van der Waals surface area contributed by atoms with Crippen molar-refractivity contribution in [3.63, 3.8) is 0 Å². The Balaban J connectivity index is 1.45. The minimum absolute atomic E-state index is 0.307. The quantitative estimate of drug-likeness (QED) is 0.514. The maximum absolute atomic E-state index is 13.3. The largest absolute Gasteiger partial charge is 0.346 e. The normalized spacial score (nSPS) is 19.6. The van der Waals surface area contributed by atoms with Crippen molar-refractivity contribution in [2.45, 2.75) is 31.3 Å². The van der Waals surface area contributed by atoms with Gasteiger partial charge < -0.3 is 9.88 Å². The van der Waals surface area contributed by atoms with Crippen molar-refractivity contribution >= 4 is 28.6 Å². The molecule has 7 heteroatoms. The Kier molecular flexibility index (Phi) is 4.36. The van der Waals surface area contributed by atoms with Gasteiger partial charge in [-0.2, -0.15) is 5.26 Å². The van der Waals surface area contributed by atoms with Gasteiger partial charge in [0, 0.05) is 29.2 Å². The van der Waals surface area contributed by atoms with Crippen molar-refractivity contribution in [2.24, 2.45) is 0 Å². The number of imide groups is 1. The zero-order chi connectivity index (χ0) is 21.6. The molecule has 2 aromatic carbocycles. The lowest BCUT2D eigenvalue weighted by Crippen LogP contribution is -2.42. The van der Waals surface area contributed by atoms with E-state index in [1.807, 2.05) is 53.1 Å². The number of Topliss-reactive ketones (excluding diaryl/α,β-unsaturated/α-hetero) is 1. The van der Waals surface area contributed by atoms with Crippen LogP contribution in [0.1, 0.15) is 34.3 Å². The fraction of sp³-hybridized carbons (Fsp3) is 0.250. The number of nitriles is 1. The van der Waals surface area contributed by atoms with E-state index in [1.165, 1.54) is 0 Å². The van der Waals surface area contributed by atoms with Gasteiger partial charge in [-0.25, -0.2) is 4.79 Å². The van der Waals surface area contributed by atoms with Crippen LogP contribution in [-0.2, 0) is 23.3 Å². The smallest absolute Gasteiger partial charge is 0.325 e. The van der Waals surface area contributed by atoms with Crippen molar-refractivity contribution in [1.82, 2.24) is 14.8 Å². The molecule has 1 saturated heterocycles. The highest BCUT2D eigenvalue weighted by atomic mass is 16.2. The van der Waals surface area contributed by atoms with Crippen molar-refractivity contribution < 1.29 is 14.4 Å². The summed E-state index contributed by atoms with van der Waals surface area (Å²) < 4.78 is 1.87. The number of nitrogens with one attached hydrogen (secondary N) is 1. The van der Waals surface area contributed by atoms with Gasteiger partial charge in [0.05, 0.1) is 19.0 Å². The zero-order valence-electron chi connectivity index (χ0n) is 16.8. The van der Waals surface area contributed by atoms with E-state index in [1.54, 1.807) is 6.20 Å². The first-order chi connectivity index (χ1) is 15.0. The summed E-state index contributed by atoms with van der Waals surface area (Å²) in [6.07, 6.45) is 3.23. The number of carbonyl (C=O) groups is 3. The van der Waals surface area contributed by atoms with Gasteiger partial charge in [-0.15, -0.1) is 0 Å². The predicted molar refractivity (Wildman–Crippen MR) is 113 cm³/mol. The third-order valence-corrected chi connectivity index (χ3v) is 6.28. The summed E-state index contributed by atoms with van der Waals surface area (Å²) in [4.78, 5) is 40.3. The molecule has 1 fully saturated rings. The van der Waals surface area contributed by atoms with E-state index in [2.05, 4.69) is 11.4 Å². The number of aryl methyl sites for hydroxylation is 2. The number of nitrogens with zero attached hydrogens (tertiary/aromatic N) is 3. The molecule has 0 radical (unpaired) electrons. The fourth-order valence-electron chi connectivity index (χ4n) is 4.79. The van der Waals surface area contributed by atoms with E-state index in [0.717, 1.165) is 26.9 Å². The highest BCUT2D eigenvalue weighted by Gasteiger charge is 2.55. The van der Waals surface area contributed by atoms with Crippen LogP contribution in [0.2, 0.25) is 0 Å². The van der Waals surface area contributed by atoms with Crippen LogP contribution >= 0.6 is 0 Å². The SMILES string of the molecule is N#CCCn1cc(C(=O)CN2C(=O)N[C@]3(CCc4ccccc43)C2=O)c2ccccc21. The van der Waals surface area contributed by atoms with Gasteiger partial charge in [0.2, 0.25) is 0 Å². The molecular formula is C24H20N4O3. The van der Waals surface area contributed by atoms with E-state index >= 15 is 0 Å². The molecule has 5 rings (SSSR count). The van der Waals surface area contributed by atoms with Crippen LogP contribution < -0.4 is 5.32 Å². The monoisotopic (exact) mass is 412 g/mol. The fourth-order valence-corrected chi connectivity index (χ4v) is 4.79. The molecule has 2 aliphatic rings. The Bertz CT molecular complexity index is 1290. The Morgan fingerprint density at radius 1 is 1.13 bits per heavy atom. The van der Waals surface area contributed by atoms with E-state index in [4.69, 9.17) is 5.26 Å². The van der Waals surface area contributed by atoms with Gasteiger partial charge in [-0.3, -0.25) is 14.5 Å². The number of rotatable bonds is 5. The van der Waals surface area contributed by atoms with Crippen LogP contribution in [0, 0.1) is 11.3 Å². The number of fused-ring (bicyclic) bond motifs is 3. The van der Waals surface area contributed by atoms with E-state index in [-0.39, 0.29) is 18.2 Å². The Labute approximate surface area is 178 Å². The minimum Gasteiger partial charge on any atom is -0.346 e. The van der Waals surface area contributed by atoms with Crippen molar-refractivity contribution in [3.8, 4) is 6.07 Å². The van der Waals surface area contributed by atoms with Crippen LogP contribution in [0.25, 0.3) is 10.9 Å². The Hall–Kier alpha value is -3.92. The lowest BCUT2D eigenvalue weighted by Gasteiger charge is -2.22. The number of hydrogen-bond donors (Lipinski definition) is 1. The number of hydrogen-bond acceptors (Lipinski definition) is 4. The summed E-state index contributed by atoms with van der Waals surface area (Å²) >= 11 is 0. The van der Waals surface area contributed by atoms with Crippen LogP contribution in [-0.4, -0.2) is 33.7 Å². The number of para-hydroxylation sites is 1. The molecule has 2 heterocycles. The second-order valence-corrected chi connectivity index (χ2v) is 7.97. The van der Waals surface area contributed by atoms with Gasteiger partial charge >= 0.3 is 6.03 Å². The Morgan fingerprint density at radius 3 is 2.74 bits per heavy atom. The maximum Gasteiger partial charge on any atom is 0.325 e. The molecule has 1 aliphatic heterocycles. The maximum atomic E-state index is 13.3. The van der Waals surface area contributed by atoms with Gasteiger partial charge in [0.1, 0.15) is 5.54 Å². The van der Waals surface area contributed by atoms with Crippen LogP contribution in [0.15, 0.2) is 54.7 Å². The van der Waals surface area contributed by atoms with Crippen LogP contribution in [0.5, 0.6) is 0 Å². The molecule has 1 aliphatic carbocycles. The van der Waals surface area contributed by atoms with Gasteiger partial charge in [0.15, 0.2) is 5.78 Å². The van der Waals surface area contributed by atoms with Crippen LogP contribution in [0.4, 0.5) is 4.79 Å². The molecule has 154 valence electrons. The van der Waals surface area contributed by atoms with Crippen molar-refractivity contribution in [1.29, 1.82) is 5.26 Å². The molecule has 0 saturated carbocycles. The van der Waals surface area contributed by atoms with Crippen LogP contribution in [0.3, 0.4) is 0 Å². The van der Waals surface area contributed by atoms with E-state index in [9.17, 15) is 14.4 Å². The highest BCUT2D eigenvalue weighted by molar-refractivity contribution is 6.14. The average Bonchev–Trinajstić information content (AvgIpc) is 3.42. The van der Waals surface area contributed by atoms with E-state index in [0.29, 0.717) is 31.4 Å². The Morgan fingerprint density at radius 2 is 1.90 bits per heavy atom. The van der Waals surface area contributed by atoms with Gasteiger partial charge in [-0.05, 0) is 30.0 Å². The minimum atomic E-state index is -1.07. The average molecular weight is 412 g/mol. The van der Waals surface area contributed by atoms with Crippen molar-refractivity contribution in [2.75, 3.05) is 6.54 Å². The molecule has 3 aromatic rings. The molecule has 1 N–H and O–H groups in total. The summed E-state index contributed by atoms with van der Waals surface area (Å²) in [6.45, 7) is 0.147. The first kappa shape index (κ1) is 19.1. The number of benzene rings is 2. The molecule has 31 heavy (non-hydrogen) atoms. The molecule has 0 bridgehead atoms. The summed E-state index contributed by atoms with van der Waals surface area (Å²) in [6, 6.07) is 16.6. The van der Waals surface area contributed by atoms with Gasteiger partial charge in [-0.1, -0.05) is 42.5 Å². The first-order valence-corrected chi connectivity index (χ1v) is 10.3.